The van der Waals surface area contributed by atoms with Crippen molar-refractivity contribution in [3.63, 3.8) is 0 Å². The van der Waals surface area contributed by atoms with Crippen molar-refractivity contribution in [2.24, 2.45) is 0 Å². The minimum absolute atomic E-state index is 0.0558. The maximum atomic E-state index is 14.2. The lowest BCUT2D eigenvalue weighted by Crippen LogP contribution is -2.40. The number of hydrogen-bond donors (Lipinski definition) is 1. The number of piperidine rings is 1. The smallest absolute Gasteiger partial charge is 0.183 e. The number of Topliss-reactive ketones (excluding diaryl/α,β-unsaturated/α-hetero) is 1. The molecular weight excluding hydrogens is 445 g/mol. The van der Waals surface area contributed by atoms with E-state index in [1.165, 1.54) is 29.2 Å². The number of ketones is 1. The van der Waals surface area contributed by atoms with Crippen molar-refractivity contribution in [1.29, 1.82) is 0 Å². The summed E-state index contributed by atoms with van der Waals surface area (Å²) < 4.78 is 14.2. The van der Waals surface area contributed by atoms with Crippen LogP contribution in [-0.2, 0) is 5.60 Å². The van der Waals surface area contributed by atoms with Gasteiger partial charge in [0.2, 0.25) is 0 Å². The normalized spacial score (nSPS) is 16.8. The molecule has 1 aliphatic heterocycles. The van der Waals surface area contributed by atoms with E-state index in [0.29, 0.717) is 34.0 Å². The molecule has 0 aliphatic carbocycles. The minimum atomic E-state index is -0.864. The molecule has 158 valence electrons. The SMILES string of the molecule is Cc1nc(SCC(=O)c2ccc(C3(O)CCN(C)CC3)s2)c2cc(Cl)cc(F)c2n1. The van der Waals surface area contributed by atoms with Gasteiger partial charge in [-0.25, -0.2) is 14.4 Å². The number of carbonyl (C=O) groups excluding carboxylic acids is 1. The summed E-state index contributed by atoms with van der Waals surface area (Å²) in [6.45, 7) is 3.34. The number of hydrogen-bond acceptors (Lipinski definition) is 7. The number of thiophene rings is 1. The molecule has 30 heavy (non-hydrogen) atoms. The minimum Gasteiger partial charge on any atom is -0.384 e. The first-order chi connectivity index (χ1) is 14.2. The summed E-state index contributed by atoms with van der Waals surface area (Å²) in [5.41, 5.74) is -0.665. The summed E-state index contributed by atoms with van der Waals surface area (Å²) in [7, 11) is 2.04. The van der Waals surface area contributed by atoms with Crippen LogP contribution < -0.4 is 0 Å². The Morgan fingerprint density at radius 3 is 2.80 bits per heavy atom. The molecule has 4 rings (SSSR count). The molecule has 0 unspecified atom stereocenters. The van der Waals surface area contributed by atoms with Crippen molar-refractivity contribution in [2.75, 3.05) is 25.9 Å². The molecule has 3 heterocycles. The monoisotopic (exact) mass is 465 g/mol. The number of thioether (sulfide) groups is 1. The first kappa shape index (κ1) is 21.6. The van der Waals surface area contributed by atoms with Gasteiger partial charge in [0.1, 0.15) is 22.0 Å². The predicted octanol–water partition coefficient (Wildman–Crippen LogP) is 4.68. The molecule has 5 nitrogen and oxygen atoms in total. The van der Waals surface area contributed by atoms with Crippen molar-refractivity contribution < 1.29 is 14.3 Å². The van der Waals surface area contributed by atoms with Crippen LogP contribution in [0.25, 0.3) is 10.9 Å². The molecule has 1 fully saturated rings. The zero-order valence-corrected chi connectivity index (χ0v) is 19.0. The highest BCUT2D eigenvalue weighted by molar-refractivity contribution is 8.00. The Labute approximate surface area is 187 Å². The summed E-state index contributed by atoms with van der Waals surface area (Å²) in [5, 5.41) is 12.2. The van der Waals surface area contributed by atoms with Crippen LogP contribution >= 0.6 is 34.7 Å². The van der Waals surface area contributed by atoms with Gasteiger partial charge in [-0.2, -0.15) is 0 Å². The van der Waals surface area contributed by atoms with E-state index in [1.807, 2.05) is 13.1 Å². The molecule has 1 N–H and O–H groups in total. The lowest BCUT2D eigenvalue weighted by atomic mass is 9.90. The number of carbonyl (C=O) groups is 1. The number of benzene rings is 1. The second-order valence-electron chi connectivity index (χ2n) is 7.57. The summed E-state index contributed by atoms with van der Waals surface area (Å²) >= 11 is 8.59. The van der Waals surface area contributed by atoms with E-state index in [0.717, 1.165) is 18.0 Å². The van der Waals surface area contributed by atoms with Gasteiger partial charge >= 0.3 is 0 Å². The Hall–Kier alpha value is -1.58. The topological polar surface area (TPSA) is 66.3 Å². The van der Waals surface area contributed by atoms with Gasteiger partial charge in [0, 0.05) is 28.4 Å². The number of rotatable bonds is 5. The predicted molar refractivity (Wildman–Crippen MR) is 119 cm³/mol. The molecule has 1 aliphatic rings. The number of fused-ring (bicyclic) bond motifs is 1. The molecule has 0 atom stereocenters. The molecule has 0 amide bonds. The van der Waals surface area contributed by atoms with Crippen molar-refractivity contribution in [1.82, 2.24) is 14.9 Å². The standard InChI is InChI=1S/C21H21ClFN3O2S2/c1-12-24-19-14(9-13(22)10-15(19)23)20(25-12)29-11-16(27)17-3-4-18(30-17)21(28)5-7-26(2)8-6-21/h3-4,9-10,28H,5-8,11H2,1-2H3. The fourth-order valence-corrected chi connectivity index (χ4v) is 5.84. The highest BCUT2D eigenvalue weighted by atomic mass is 35.5. The van der Waals surface area contributed by atoms with Crippen molar-refractivity contribution in [3.8, 4) is 0 Å². The Morgan fingerprint density at radius 1 is 1.33 bits per heavy atom. The van der Waals surface area contributed by atoms with Crippen LogP contribution in [0.3, 0.4) is 0 Å². The lowest BCUT2D eigenvalue weighted by Gasteiger charge is -2.35. The first-order valence-electron chi connectivity index (χ1n) is 9.56. The lowest BCUT2D eigenvalue weighted by molar-refractivity contribution is -0.0172. The zero-order chi connectivity index (χ0) is 21.5. The first-order valence-corrected chi connectivity index (χ1v) is 11.7. The van der Waals surface area contributed by atoms with Crippen LogP contribution in [-0.4, -0.2) is 51.6 Å². The number of aliphatic hydroxyl groups is 1. The Morgan fingerprint density at radius 2 is 2.07 bits per heavy atom. The van der Waals surface area contributed by atoms with Crippen molar-refractivity contribution in [2.45, 2.75) is 30.4 Å². The fourth-order valence-electron chi connectivity index (χ4n) is 3.52. The average Bonchev–Trinajstić information content (AvgIpc) is 3.20. The second-order valence-corrected chi connectivity index (χ2v) is 10.1. The number of halogens is 2. The van der Waals surface area contributed by atoms with Gasteiger partial charge in [-0.15, -0.1) is 11.3 Å². The van der Waals surface area contributed by atoms with Crippen LogP contribution in [0.4, 0.5) is 4.39 Å². The number of likely N-dealkylation sites (tertiary alicyclic amines) is 1. The van der Waals surface area contributed by atoms with E-state index >= 15 is 0 Å². The van der Waals surface area contributed by atoms with Gasteiger partial charge in [0.05, 0.1) is 10.6 Å². The Bertz CT molecular complexity index is 1110. The molecule has 0 spiro atoms. The van der Waals surface area contributed by atoms with E-state index in [9.17, 15) is 14.3 Å². The summed E-state index contributed by atoms with van der Waals surface area (Å²) in [5.74, 6) is 0.0209. The highest BCUT2D eigenvalue weighted by Gasteiger charge is 2.34. The average molecular weight is 466 g/mol. The zero-order valence-electron chi connectivity index (χ0n) is 16.6. The van der Waals surface area contributed by atoms with Gasteiger partial charge in [-0.05, 0) is 51.1 Å². The maximum absolute atomic E-state index is 14.2. The molecule has 3 aromatic rings. The molecule has 2 aromatic heterocycles. The number of aryl methyl sites for hydroxylation is 1. The maximum Gasteiger partial charge on any atom is 0.183 e. The van der Waals surface area contributed by atoms with Crippen LogP contribution in [0, 0.1) is 12.7 Å². The highest BCUT2D eigenvalue weighted by Crippen LogP contribution is 2.37. The second kappa shape index (κ2) is 8.51. The molecule has 0 radical (unpaired) electrons. The quantitative estimate of drug-likeness (QED) is 0.335. The Balaban J connectivity index is 1.52. The van der Waals surface area contributed by atoms with Gasteiger partial charge in [-0.3, -0.25) is 4.79 Å². The molecular formula is C21H21ClFN3O2S2. The van der Waals surface area contributed by atoms with E-state index in [2.05, 4.69) is 14.9 Å². The fraction of sp³-hybridized carbons (Fsp3) is 0.381. The summed E-state index contributed by atoms with van der Waals surface area (Å²) in [6, 6.07) is 6.47. The molecule has 1 aromatic carbocycles. The van der Waals surface area contributed by atoms with Crippen molar-refractivity contribution >= 4 is 51.4 Å². The van der Waals surface area contributed by atoms with Gasteiger partial charge in [-0.1, -0.05) is 23.4 Å². The van der Waals surface area contributed by atoms with Crippen molar-refractivity contribution in [3.05, 3.63) is 50.7 Å². The third kappa shape index (κ3) is 4.38. The summed E-state index contributed by atoms with van der Waals surface area (Å²) in [4.78, 5) is 24.9. The van der Waals surface area contributed by atoms with Crippen LogP contribution in [0.5, 0.6) is 0 Å². The van der Waals surface area contributed by atoms with Crippen LogP contribution in [0.2, 0.25) is 5.02 Å². The molecule has 0 bridgehead atoms. The number of nitrogens with zero attached hydrogens (tertiary/aromatic N) is 3. The largest absolute Gasteiger partial charge is 0.384 e. The molecule has 1 saturated heterocycles. The van der Waals surface area contributed by atoms with Gasteiger partial charge < -0.3 is 10.0 Å². The van der Waals surface area contributed by atoms with E-state index < -0.39 is 11.4 Å². The third-order valence-corrected chi connectivity index (χ3v) is 7.82. The van der Waals surface area contributed by atoms with Gasteiger partial charge in [0.15, 0.2) is 11.6 Å². The van der Waals surface area contributed by atoms with Crippen LogP contribution in [0.1, 0.15) is 33.2 Å². The number of aromatic nitrogens is 2. The van der Waals surface area contributed by atoms with Gasteiger partial charge in [0.25, 0.3) is 0 Å². The van der Waals surface area contributed by atoms with Crippen LogP contribution in [0.15, 0.2) is 29.3 Å². The molecule has 9 heteroatoms. The molecule has 0 saturated carbocycles. The Kier molecular flexibility index (Phi) is 6.14. The van der Waals surface area contributed by atoms with E-state index in [1.54, 1.807) is 19.1 Å². The third-order valence-electron chi connectivity index (χ3n) is 5.29. The van der Waals surface area contributed by atoms with E-state index in [4.69, 9.17) is 11.6 Å². The van der Waals surface area contributed by atoms with E-state index in [-0.39, 0.29) is 22.1 Å². The summed E-state index contributed by atoms with van der Waals surface area (Å²) in [6.07, 6.45) is 1.32.